The molecule has 5 heteroatoms. The van der Waals surface area contributed by atoms with Crippen molar-refractivity contribution < 1.29 is 4.79 Å². The monoisotopic (exact) mass is 271 g/mol. The Hall–Kier alpha value is -1.07. The minimum absolute atomic E-state index is 0.443. The van der Waals surface area contributed by atoms with E-state index in [-0.39, 0.29) is 0 Å². The molecule has 1 aromatic rings. The van der Waals surface area contributed by atoms with Gasteiger partial charge in [0.1, 0.15) is 0 Å². The molecule has 15 heavy (non-hydrogen) atoms. The maximum atomic E-state index is 11.3. The summed E-state index contributed by atoms with van der Waals surface area (Å²) in [5.74, 6) is -0.443. The molecule has 1 rings (SSSR count). The van der Waals surface area contributed by atoms with Crippen LogP contribution in [-0.4, -0.2) is 26.0 Å². The summed E-state index contributed by atoms with van der Waals surface area (Å²) in [7, 11) is 1.88. The highest BCUT2D eigenvalue weighted by atomic mass is 79.9. The van der Waals surface area contributed by atoms with Gasteiger partial charge in [0, 0.05) is 24.6 Å². The van der Waals surface area contributed by atoms with Gasteiger partial charge in [-0.2, -0.15) is 0 Å². The van der Waals surface area contributed by atoms with Crippen molar-refractivity contribution in [2.75, 3.05) is 25.0 Å². The van der Waals surface area contributed by atoms with Crippen LogP contribution >= 0.6 is 15.9 Å². The molecule has 4 N–H and O–H groups in total. The third kappa shape index (κ3) is 2.70. The summed E-state index contributed by atoms with van der Waals surface area (Å²) in [4.78, 5) is 13.2. The van der Waals surface area contributed by atoms with E-state index < -0.39 is 5.91 Å². The van der Waals surface area contributed by atoms with E-state index in [0.29, 0.717) is 23.1 Å². The smallest absolute Gasteiger partial charge is 0.251 e. The lowest BCUT2D eigenvalue weighted by Gasteiger charge is -2.21. The van der Waals surface area contributed by atoms with Crippen LogP contribution in [0, 0.1) is 0 Å². The maximum Gasteiger partial charge on any atom is 0.251 e. The molecule has 0 aliphatic rings. The number of benzene rings is 1. The number of rotatable bonds is 4. The Kier molecular flexibility index (Phi) is 4.11. The zero-order valence-corrected chi connectivity index (χ0v) is 10.1. The zero-order valence-electron chi connectivity index (χ0n) is 8.53. The summed E-state index contributed by atoms with van der Waals surface area (Å²) in [5, 5.41) is 0. The second kappa shape index (κ2) is 5.14. The van der Waals surface area contributed by atoms with Crippen LogP contribution in [-0.2, 0) is 0 Å². The molecule has 4 nitrogen and oxygen atoms in total. The Morgan fingerprint density at radius 3 is 2.73 bits per heavy atom. The Bertz CT molecular complexity index is 368. The summed E-state index contributed by atoms with van der Waals surface area (Å²) < 4.78 is 0.705. The topological polar surface area (TPSA) is 72.3 Å². The van der Waals surface area contributed by atoms with Gasteiger partial charge in [0.2, 0.25) is 0 Å². The van der Waals surface area contributed by atoms with Crippen LogP contribution in [0.1, 0.15) is 10.4 Å². The fraction of sp³-hybridized carbons (Fsp3) is 0.300. The average molecular weight is 272 g/mol. The molecule has 0 spiro atoms. The molecule has 0 radical (unpaired) electrons. The molecule has 0 aliphatic heterocycles. The van der Waals surface area contributed by atoms with Crippen LogP contribution in [0.25, 0.3) is 0 Å². The first-order chi connectivity index (χ1) is 7.07. The van der Waals surface area contributed by atoms with Gasteiger partial charge in [0.05, 0.1) is 11.3 Å². The first-order valence-corrected chi connectivity index (χ1v) is 5.36. The second-order valence-electron chi connectivity index (χ2n) is 3.21. The van der Waals surface area contributed by atoms with Gasteiger partial charge in [-0.05, 0) is 28.1 Å². The Labute approximate surface area is 97.4 Å². The van der Waals surface area contributed by atoms with E-state index in [2.05, 4.69) is 15.9 Å². The first kappa shape index (κ1) is 12.0. The van der Waals surface area contributed by atoms with Gasteiger partial charge in [-0.25, -0.2) is 0 Å². The standard InChI is InChI=1S/C10H14BrN3O/c1-14(6-5-12)8-4-2-3-7(11)9(8)10(13)15/h2-4H,5-6,12H2,1H3,(H2,13,15). The van der Waals surface area contributed by atoms with Crippen molar-refractivity contribution in [3.63, 3.8) is 0 Å². The maximum absolute atomic E-state index is 11.3. The Morgan fingerprint density at radius 1 is 1.53 bits per heavy atom. The molecule has 0 unspecified atom stereocenters. The molecule has 0 saturated carbocycles. The summed E-state index contributed by atoms with van der Waals surface area (Å²) in [6.07, 6.45) is 0. The molecule has 0 aliphatic carbocycles. The minimum Gasteiger partial charge on any atom is -0.373 e. The van der Waals surface area contributed by atoms with E-state index in [1.807, 2.05) is 24.1 Å². The van der Waals surface area contributed by atoms with Crippen molar-refractivity contribution in [2.45, 2.75) is 0 Å². The van der Waals surface area contributed by atoms with Crippen molar-refractivity contribution in [3.8, 4) is 0 Å². The van der Waals surface area contributed by atoms with Gasteiger partial charge in [-0.3, -0.25) is 4.79 Å². The fourth-order valence-electron chi connectivity index (χ4n) is 1.39. The number of anilines is 1. The Morgan fingerprint density at radius 2 is 2.20 bits per heavy atom. The Balaban J connectivity index is 3.16. The SMILES string of the molecule is CN(CCN)c1cccc(Br)c1C(N)=O. The van der Waals surface area contributed by atoms with Gasteiger partial charge >= 0.3 is 0 Å². The van der Waals surface area contributed by atoms with E-state index in [0.717, 1.165) is 5.69 Å². The average Bonchev–Trinajstić information content (AvgIpc) is 2.17. The minimum atomic E-state index is -0.443. The van der Waals surface area contributed by atoms with Crippen molar-refractivity contribution in [2.24, 2.45) is 11.5 Å². The molecule has 1 aromatic carbocycles. The van der Waals surface area contributed by atoms with E-state index in [1.54, 1.807) is 6.07 Å². The van der Waals surface area contributed by atoms with Crippen molar-refractivity contribution in [3.05, 3.63) is 28.2 Å². The van der Waals surface area contributed by atoms with Crippen molar-refractivity contribution in [1.82, 2.24) is 0 Å². The highest BCUT2D eigenvalue weighted by Crippen LogP contribution is 2.26. The van der Waals surface area contributed by atoms with Gasteiger partial charge in [0.15, 0.2) is 0 Å². The fourth-order valence-corrected chi connectivity index (χ4v) is 1.94. The number of carbonyl (C=O) groups excluding carboxylic acids is 1. The lowest BCUT2D eigenvalue weighted by Crippen LogP contribution is -2.27. The highest BCUT2D eigenvalue weighted by molar-refractivity contribution is 9.10. The predicted molar refractivity (Wildman–Crippen MR) is 65.0 cm³/mol. The lowest BCUT2D eigenvalue weighted by molar-refractivity contribution is 0.1000. The molecule has 0 fully saturated rings. The van der Waals surface area contributed by atoms with E-state index >= 15 is 0 Å². The third-order valence-corrected chi connectivity index (χ3v) is 2.77. The van der Waals surface area contributed by atoms with Crippen LogP contribution in [0.5, 0.6) is 0 Å². The second-order valence-corrected chi connectivity index (χ2v) is 4.06. The highest BCUT2D eigenvalue weighted by Gasteiger charge is 2.14. The predicted octanol–water partition coefficient (Wildman–Crippen LogP) is 0.943. The number of nitrogens with two attached hydrogens (primary N) is 2. The van der Waals surface area contributed by atoms with Crippen molar-refractivity contribution >= 4 is 27.5 Å². The number of amides is 1. The molecular formula is C10H14BrN3O. The van der Waals surface area contributed by atoms with Crippen LogP contribution in [0.2, 0.25) is 0 Å². The van der Waals surface area contributed by atoms with Crippen LogP contribution in [0.15, 0.2) is 22.7 Å². The number of hydrogen-bond acceptors (Lipinski definition) is 3. The molecule has 0 heterocycles. The normalized spacial score (nSPS) is 10.1. The van der Waals surface area contributed by atoms with E-state index in [1.165, 1.54) is 0 Å². The number of carbonyl (C=O) groups is 1. The number of hydrogen-bond donors (Lipinski definition) is 2. The van der Waals surface area contributed by atoms with Gasteiger partial charge in [-0.15, -0.1) is 0 Å². The van der Waals surface area contributed by atoms with Crippen LogP contribution in [0.4, 0.5) is 5.69 Å². The molecule has 1 amide bonds. The van der Waals surface area contributed by atoms with Crippen LogP contribution in [0.3, 0.4) is 0 Å². The zero-order chi connectivity index (χ0) is 11.4. The molecule has 0 bridgehead atoms. The summed E-state index contributed by atoms with van der Waals surface area (Å²) in [6.45, 7) is 1.21. The summed E-state index contributed by atoms with van der Waals surface area (Å²) in [6, 6.07) is 5.50. The summed E-state index contributed by atoms with van der Waals surface area (Å²) >= 11 is 3.31. The number of likely N-dealkylation sites (N-methyl/N-ethyl adjacent to an activating group) is 1. The largest absolute Gasteiger partial charge is 0.373 e. The molecule has 0 aromatic heterocycles. The van der Waals surface area contributed by atoms with Crippen molar-refractivity contribution in [1.29, 1.82) is 0 Å². The molecule has 0 atom stereocenters. The van der Waals surface area contributed by atoms with Crippen LogP contribution < -0.4 is 16.4 Å². The molecular weight excluding hydrogens is 258 g/mol. The van der Waals surface area contributed by atoms with Gasteiger partial charge in [-0.1, -0.05) is 6.07 Å². The number of primary amides is 1. The third-order valence-electron chi connectivity index (χ3n) is 2.11. The van der Waals surface area contributed by atoms with E-state index in [4.69, 9.17) is 11.5 Å². The lowest BCUT2D eigenvalue weighted by atomic mass is 10.1. The summed E-state index contributed by atoms with van der Waals surface area (Å²) in [5.41, 5.74) is 12.1. The van der Waals surface area contributed by atoms with Gasteiger partial charge in [0.25, 0.3) is 5.91 Å². The van der Waals surface area contributed by atoms with Gasteiger partial charge < -0.3 is 16.4 Å². The molecule has 0 saturated heterocycles. The quantitative estimate of drug-likeness (QED) is 0.856. The number of nitrogens with zero attached hydrogens (tertiary/aromatic N) is 1. The number of halogens is 1. The molecule has 82 valence electrons. The first-order valence-electron chi connectivity index (χ1n) is 4.57. The van der Waals surface area contributed by atoms with E-state index in [9.17, 15) is 4.79 Å².